The number of hydrogen-bond acceptors (Lipinski definition) is 6. The molecular formula is C22H24N4O3S. The van der Waals surface area contributed by atoms with Gasteiger partial charge in [-0.2, -0.15) is 0 Å². The Bertz CT molecular complexity index is 1100. The lowest BCUT2D eigenvalue weighted by molar-refractivity contribution is -0.121. The Morgan fingerprint density at radius 1 is 1.10 bits per heavy atom. The molecular weight excluding hydrogens is 400 g/mol. The summed E-state index contributed by atoms with van der Waals surface area (Å²) in [5.41, 5.74) is 1.97. The molecule has 30 heavy (non-hydrogen) atoms. The second-order valence-corrected chi connectivity index (χ2v) is 7.52. The second kappa shape index (κ2) is 9.58. The Balaban J connectivity index is 1.15. The van der Waals surface area contributed by atoms with E-state index in [4.69, 9.17) is 21.7 Å². The fourth-order valence-electron chi connectivity index (χ4n) is 3.37. The molecule has 0 spiro atoms. The van der Waals surface area contributed by atoms with Gasteiger partial charge in [0, 0.05) is 24.9 Å². The predicted octanol–water partition coefficient (Wildman–Crippen LogP) is 4.31. The van der Waals surface area contributed by atoms with Crippen molar-refractivity contribution in [2.24, 2.45) is 0 Å². The lowest BCUT2D eigenvalue weighted by Crippen LogP contribution is -2.22. The number of fused-ring (bicyclic) bond motifs is 2. The predicted molar refractivity (Wildman–Crippen MR) is 118 cm³/mol. The molecule has 0 fully saturated rings. The third-order valence-electron chi connectivity index (χ3n) is 4.94. The number of hydrogen-bond donors (Lipinski definition) is 3. The van der Waals surface area contributed by atoms with E-state index in [2.05, 4.69) is 20.6 Å². The van der Waals surface area contributed by atoms with Crippen LogP contribution in [0.3, 0.4) is 0 Å². The van der Waals surface area contributed by atoms with E-state index in [-0.39, 0.29) is 12.7 Å². The molecule has 1 aromatic heterocycles. The first kappa shape index (κ1) is 20.2. The average Bonchev–Trinajstić information content (AvgIpc) is 3.22. The standard InChI is InChI=1S/C22H24N4O3S/c27-20(24-13-15-9-10-18-19(12-15)29-14-28-18)8-2-1-5-11-23-21-16-6-3-4-7-17(16)25-22(30)26-21/h3-4,6-7,9-10,12H,1-2,5,8,11,13-14H2,(H,24,27)(H2,23,25,26,30). The molecule has 2 heterocycles. The SMILES string of the molecule is O=C(CCCCCNc1nc(=S)[nH]c2ccccc12)NCc1ccc2c(c1)OCO2. The third kappa shape index (κ3) is 5.07. The minimum atomic E-state index is 0.0580. The first-order valence-corrected chi connectivity index (χ1v) is 10.5. The number of unbranched alkanes of at least 4 members (excludes halogenated alkanes) is 2. The van der Waals surface area contributed by atoms with Gasteiger partial charge in [-0.3, -0.25) is 4.79 Å². The minimum Gasteiger partial charge on any atom is -0.454 e. The van der Waals surface area contributed by atoms with Gasteiger partial charge >= 0.3 is 0 Å². The Morgan fingerprint density at radius 3 is 2.90 bits per heavy atom. The third-order valence-corrected chi connectivity index (χ3v) is 5.13. The first-order chi connectivity index (χ1) is 14.7. The lowest BCUT2D eigenvalue weighted by Gasteiger charge is -2.09. The molecule has 1 aliphatic heterocycles. The molecule has 1 amide bonds. The molecule has 0 bridgehead atoms. The number of benzene rings is 2. The number of aromatic nitrogens is 2. The van der Waals surface area contributed by atoms with Crippen molar-refractivity contribution in [3.8, 4) is 11.5 Å². The number of H-pyrrole nitrogens is 1. The van der Waals surface area contributed by atoms with Gasteiger partial charge in [0.1, 0.15) is 5.82 Å². The number of aromatic amines is 1. The first-order valence-electron chi connectivity index (χ1n) is 10.1. The van der Waals surface area contributed by atoms with Crippen molar-refractivity contribution in [2.75, 3.05) is 18.7 Å². The number of nitrogens with zero attached hydrogens (tertiary/aromatic N) is 1. The van der Waals surface area contributed by atoms with Crippen LogP contribution >= 0.6 is 12.2 Å². The van der Waals surface area contributed by atoms with Crippen LogP contribution in [-0.2, 0) is 11.3 Å². The van der Waals surface area contributed by atoms with E-state index in [9.17, 15) is 4.79 Å². The molecule has 2 aromatic carbocycles. The monoisotopic (exact) mass is 424 g/mol. The van der Waals surface area contributed by atoms with Crippen LogP contribution in [0.1, 0.15) is 31.2 Å². The van der Waals surface area contributed by atoms with Crippen LogP contribution in [0.15, 0.2) is 42.5 Å². The molecule has 0 radical (unpaired) electrons. The number of para-hydroxylation sites is 1. The smallest absolute Gasteiger partial charge is 0.231 e. The van der Waals surface area contributed by atoms with Crippen LogP contribution in [0, 0.1) is 4.77 Å². The van der Waals surface area contributed by atoms with Crippen molar-refractivity contribution in [2.45, 2.75) is 32.2 Å². The molecule has 0 saturated heterocycles. The van der Waals surface area contributed by atoms with Crippen molar-refractivity contribution < 1.29 is 14.3 Å². The molecule has 0 atom stereocenters. The molecule has 0 aliphatic carbocycles. The summed E-state index contributed by atoms with van der Waals surface area (Å²) in [5, 5.41) is 7.34. The number of nitrogens with one attached hydrogen (secondary N) is 3. The number of ether oxygens (including phenoxy) is 2. The van der Waals surface area contributed by atoms with Crippen LogP contribution in [-0.4, -0.2) is 29.2 Å². The summed E-state index contributed by atoms with van der Waals surface area (Å²) in [6.07, 6.45) is 3.28. The zero-order chi connectivity index (χ0) is 20.8. The number of carbonyl (C=O) groups excluding carboxylic acids is 1. The Hall–Kier alpha value is -3.13. The van der Waals surface area contributed by atoms with E-state index in [0.717, 1.165) is 59.6 Å². The molecule has 1 aliphatic rings. The number of amides is 1. The molecule has 8 heteroatoms. The zero-order valence-electron chi connectivity index (χ0n) is 16.6. The van der Waals surface area contributed by atoms with E-state index in [1.54, 1.807) is 0 Å². The van der Waals surface area contributed by atoms with Gasteiger partial charge in [-0.1, -0.05) is 24.6 Å². The van der Waals surface area contributed by atoms with Gasteiger partial charge in [-0.15, -0.1) is 0 Å². The fourth-order valence-corrected chi connectivity index (χ4v) is 3.57. The van der Waals surface area contributed by atoms with Crippen LogP contribution in [0.4, 0.5) is 5.82 Å². The summed E-state index contributed by atoms with van der Waals surface area (Å²) in [5.74, 6) is 2.34. The molecule has 4 rings (SSSR count). The average molecular weight is 425 g/mol. The van der Waals surface area contributed by atoms with E-state index < -0.39 is 0 Å². The van der Waals surface area contributed by atoms with E-state index >= 15 is 0 Å². The Labute approximate surface area is 179 Å². The highest BCUT2D eigenvalue weighted by Gasteiger charge is 2.13. The van der Waals surface area contributed by atoms with Crippen molar-refractivity contribution in [3.05, 3.63) is 52.8 Å². The maximum atomic E-state index is 12.1. The molecule has 0 saturated carbocycles. The number of anilines is 1. The van der Waals surface area contributed by atoms with Gasteiger partial charge in [0.25, 0.3) is 0 Å². The van der Waals surface area contributed by atoms with Crippen LogP contribution < -0.4 is 20.1 Å². The lowest BCUT2D eigenvalue weighted by atomic mass is 10.1. The van der Waals surface area contributed by atoms with Gasteiger partial charge in [-0.25, -0.2) is 4.98 Å². The van der Waals surface area contributed by atoms with Gasteiger partial charge in [0.05, 0.1) is 5.52 Å². The van der Waals surface area contributed by atoms with E-state index in [1.807, 2.05) is 42.5 Å². The summed E-state index contributed by atoms with van der Waals surface area (Å²) in [6, 6.07) is 13.7. The maximum absolute atomic E-state index is 12.1. The highest BCUT2D eigenvalue weighted by Crippen LogP contribution is 2.32. The summed E-state index contributed by atoms with van der Waals surface area (Å²) in [4.78, 5) is 19.6. The van der Waals surface area contributed by atoms with Crippen molar-refractivity contribution in [1.29, 1.82) is 0 Å². The summed E-state index contributed by atoms with van der Waals surface area (Å²) in [7, 11) is 0. The summed E-state index contributed by atoms with van der Waals surface area (Å²) < 4.78 is 11.1. The van der Waals surface area contributed by atoms with Gasteiger partial charge in [0.15, 0.2) is 16.3 Å². The molecule has 3 aromatic rings. The highest BCUT2D eigenvalue weighted by atomic mass is 32.1. The molecule has 7 nitrogen and oxygen atoms in total. The van der Waals surface area contributed by atoms with Crippen molar-refractivity contribution in [3.63, 3.8) is 0 Å². The number of carbonyl (C=O) groups is 1. The van der Waals surface area contributed by atoms with E-state index in [1.165, 1.54) is 0 Å². The van der Waals surface area contributed by atoms with Crippen molar-refractivity contribution >= 4 is 34.8 Å². The minimum absolute atomic E-state index is 0.0580. The van der Waals surface area contributed by atoms with Gasteiger partial charge in [-0.05, 0) is 54.9 Å². The fraction of sp³-hybridized carbons (Fsp3) is 0.318. The van der Waals surface area contributed by atoms with Crippen LogP contribution in [0.5, 0.6) is 11.5 Å². The maximum Gasteiger partial charge on any atom is 0.231 e. The van der Waals surface area contributed by atoms with Gasteiger partial charge < -0.3 is 25.1 Å². The van der Waals surface area contributed by atoms with E-state index in [0.29, 0.717) is 17.7 Å². The largest absolute Gasteiger partial charge is 0.454 e. The normalized spacial score (nSPS) is 12.1. The van der Waals surface area contributed by atoms with Crippen LogP contribution in [0.25, 0.3) is 10.9 Å². The Kier molecular flexibility index (Phi) is 6.44. The van der Waals surface area contributed by atoms with Gasteiger partial charge in [0.2, 0.25) is 12.7 Å². The quantitative estimate of drug-likeness (QED) is 0.350. The van der Waals surface area contributed by atoms with Crippen LogP contribution in [0.2, 0.25) is 0 Å². The summed E-state index contributed by atoms with van der Waals surface area (Å²) >= 11 is 5.20. The summed E-state index contributed by atoms with van der Waals surface area (Å²) in [6.45, 7) is 1.53. The zero-order valence-corrected chi connectivity index (χ0v) is 17.4. The highest BCUT2D eigenvalue weighted by molar-refractivity contribution is 7.71. The molecule has 0 unspecified atom stereocenters. The number of rotatable bonds is 9. The molecule has 156 valence electrons. The topological polar surface area (TPSA) is 88.3 Å². The second-order valence-electron chi connectivity index (χ2n) is 7.14. The molecule has 3 N–H and O–H groups in total. The van der Waals surface area contributed by atoms with Crippen molar-refractivity contribution in [1.82, 2.24) is 15.3 Å². The Morgan fingerprint density at radius 2 is 1.97 bits per heavy atom.